The van der Waals surface area contributed by atoms with Crippen molar-refractivity contribution >= 4 is 11.6 Å². The minimum absolute atomic E-state index is 0.511. The summed E-state index contributed by atoms with van der Waals surface area (Å²) in [6.07, 6.45) is 2.37. The van der Waals surface area contributed by atoms with E-state index < -0.39 is 0 Å². The van der Waals surface area contributed by atoms with Gasteiger partial charge in [0, 0.05) is 11.9 Å². The van der Waals surface area contributed by atoms with Gasteiger partial charge in [-0.1, -0.05) is 20.8 Å². The molecular weight excluding hydrogens is 158 g/mol. The standard InChI is InChI=1S/C9H20ClN/c1-4-5-11-9(7-10)6-8(2)3/h8-9,11H,4-7H2,1-3H3. The fraction of sp³-hybridized carbons (Fsp3) is 1.00. The molecule has 1 unspecified atom stereocenters. The Labute approximate surface area is 75.5 Å². The van der Waals surface area contributed by atoms with Gasteiger partial charge in [-0.2, -0.15) is 0 Å². The average Bonchev–Trinajstić information content (AvgIpc) is 1.97. The topological polar surface area (TPSA) is 12.0 Å². The lowest BCUT2D eigenvalue weighted by Crippen LogP contribution is -2.32. The van der Waals surface area contributed by atoms with Gasteiger partial charge in [0.1, 0.15) is 0 Å². The average molecular weight is 178 g/mol. The molecule has 0 bridgehead atoms. The van der Waals surface area contributed by atoms with Crippen LogP contribution in [0.15, 0.2) is 0 Å². The number of hydrogen-bond acceptors (Lipinski definition) is 1. The zero-order valence-corrected chi connectivity index (χ0v) is 8.62. The van der Waals surface area contributed by atoms with E-state index >= 15 is 0 Å². The third-order valence-electron chi connectivity index (χ3n) is 1.63. The maximum atomic E-state index is 5.78. The predicted molar refractivity (Wildman–Crippen MR) is 52.3 cm³/mol. The maximum Gasteiger partial charge on any atom is 0.0377 e. The van der Waals surface area contributed by atoms with Gasteiger partial charge in [-0.15, -0.1) is 11.6 Å². The Morgan fingerprint density at radius 1 is 1.36 bits per heavy atom. The summed E-state index contributed by atoms with van der Waals surface area (Å²) in [6, 6.07) is 0.511. The van der Waals surface area contributed by atoms with Gasteiger partial charge in [0.2, 0.25) is 0 Å². The molecule has 1 nitrogen and oxygen atoms in total. The number of nitrogens with one attached hydrogen (secondary N) is 1. The van der Waals surface area contributed by atoms with E-state index in [1.165, 1.54) is 12.8 Å². The summed E-state index contributed by atoms with van der Waals surface area (Å²) in [5, 5.41) is 3.42. The Hall–Kier alpha value is 0.250. The number of rotatable bonds is 6. The van der Waals surface area contributed by atoms with Crippen LogP contribution < -0.4 is 5.32 Å². The molecule has 0 aliphatic heterocycles. The summed E-state index contributed by atoms with van der Waals surface area (Å²) in [4.78, 5) is 0. The van der Waals surface area contributed by atoms with Gasteiger partial charge >= 0.3 is 0 Å². The first-order valence-electron chi connectivity index (χ1n) is 4.50. The van der Waals surface area contributed by atoms with E-state index in [9.17, 15) is 0 Å². The molecule has 0 amide bonds. The Kier molecular flexibility index (Phi) is 7.09. The van der Waals surface area contributed by atoms with Crippen LogP contribution in [-0.4, -0.2) is 18.5 Å². The minimum atomic E-state index is 0.511. The fourth-order valence-electron chi connectivity index (χ4n) is 1.12. The van der Waals surface area contributed by atoms with Crippen molar-refractivity contribution in [2.24, 2.45) is 5.92 Å². The third-order valence-corrected chi connectivity index (χ3v) is 2.00. The smallest absolute Gasteiger partial charge is 0.0377 e. The van der Waals surface area contributed by atoms with Crippen molar-refractivity contribution in [2.75, 3.05) is 12.4 Å². The minimum Gasteiger partial charge on any atom is -0.313 e. The summed E-state index contributed by atoms with van der Waals surface area (Å²) < 4.78 is 0. The van der Waals surface area contributed by atoms with Crippen LogP contribution in [0.3, 0.4) is 0 Å². The van der Waals surface area contributed by atoms with Crippen molar-refractivity contribution in [1.82, 2.24) is 5.32 Å². The number of hydrogen-bond donors (Lipinski definition) is 1. The Bertz CT molecular complexity index is 83.6. The summed E-state index contributed by atoms with van der Waals surface area (Å²) in [6.45, 7) is 7.72. The third kappa shape index (κ3) is 6.64. The monoisotopic (exact) mass is 177 g/mol. The highest BCUT2D eigenvalue weighted by atomic mass is 35.5. The van der Waals surface area contributed by atoms with Crippen LogP contribution in [0.25, 0.3) is 0 Å². The Morgan fingerprint density at radius 3 is 2.36 bits per heavy atom. The van der Waals surface area contributed by atoms with Crippen LogP contribution in [0.5, 0.6) is 0 Å². The quantitative estimate of drug-likeness (QED) is 0.616. The molecule has 0 spiro atoms. The SMILES string of the molecule is CCCNC(CCl)CC(C)C. The largest absolute Gasteiger partial charge is 0.313 e. The lowest BCUT2D eigenvalue weighted by Gasteiger charge is -2.17. The molecule has 0 saturated heterocycles. The normalized spacial score (nSPS) is 13.9. The Balaban J connectivity index is 3.41. The van der Waals surface area contributed by atoms with Gasteiger partial charge in [0.25, 0.3) is 0 Å². The van der Waals surface area contributed by atoms with Gasteiger partial charge in [-0.3, -0.25) is 0 Å². The van der Waals surface area contributed by atoms with E-state index in [1.807, 2.05) is 0 Å². The van der Waals surface area contributed by atoms with Crippen LogP contribution >= 0.6 is 11.6 Å². The second kappa shape index (κ2) is 6.93. The van der Waals surface area contributed by atoms with E-state index in [2.05, 4.69) is 26.1 Å². The lowest BCUT2D eigenvalue weighted by atomic mass is 10.1. The first-order valence-corrected chi connectivity index (χ1v) is 5.03. The maximum absolute atomic E-state index is 5.78. The van der Waals surface area contributed by atoms with Gasteiger partial charge in [0.05, 0.1) is 0 Å². The van der Waals surface area contributed by atoms with E-state index in [1.54, 1.807) is 0 Å². The van der Waals surface area contributed by atoms with E-state index in [4.69, 9.17) is 11.6 Å². The molecule has 68 valence electrons. The molecule has 0 fully saturated rings. The van der Waals surface area contributed by atoms with Gasteiger partial charge in [-0.05, 0) is 25.3 Å². The molecule has 0 rings (SSSR count). The van der Waals surface area contributed by atoms with Crippen LogP contribution in [0, 0.1) is 5.92 Å². The summed E-state index contributed by atoms with van der Waals surface area (Å²) in [5.41, 5.74) is 0. The van der Waals surface area contributed by atoms with Crippen LogP contribution in [0.1, 0.15) is 33.6 Å². The summed E-state index contributed by atoms with van der Waals surface area (Å²) >= 11 is 5.78. The molecule has 0 aliphatic carbocycles. The molecule has 0 heterocycles. The zero-order valence-electron chi connectivity index (χ0n) is 7.86. The molecule has 2 heteroatoms. The van der Waals surface area contributed by atoms with Gasteiger partial charge in [0.15, 0.2) is 0 Å². The van der Waals surface area contributed by atoms with Gasteiger partial charge < -0.3 is 5.32 Å². The van der Waals surface area contributed by atoms with E-state index in [0.29, 0.717) is 6.04 Å². The predicted octanol–water partition coefficient (Wildman–Crippen LogP) is 2.64. The van der Waals surface area contributed by atoms with Crippen LogP contribution in [-0.2, 0) is 0 Å². The molecule has 11 heavy (non-hydrogen) atoms. The number of halogens is 1. The molecular formula is C9H20ClN. The molecule has 1 atom stereocenters. The molecule has 0 aromatic heterocycles. The van der Waals surface area contributed by atoms with Crippen LogP contribution in [0.2, 0.25) is 0 Å². The van der Waals surface area contributed by atoms with Gasteiger partial charge in [-0.25, -0.2) is 0 Å². The highest BCUT2D eigenvalue weighted by Gasteiger charge is 2.07. The van der Waals surface area contributed by atoms with Crippen molar-refractivity contribution in [3.63, 3.8) is 0 Å². The van der Waals surface area contributed by atoms with Crippen molar-refractivity contribution in [2.45, 2.75) is 39.7 Å². The molecule has 0 radical (unpaired) electrons. The summed E-state index contributed by atoms with van der Waals surface area (Å²) in [5.74, 6) is 1.47. The second-order valence-electron chi connectivity index (χ2n) is 3.43. The first kappa shape index (κ1) is 11.2. The fourth-order valence-corrected chi connectivity index (χ4v) is 1.35. The summed E-state index contributed by atoms with van der Waals surface area (Å²) in [7, 11) is 0. The first-order chi connectivity index (χ1) is 5.20. The van der Waals surface area contributed by atoms with Crippen molar-refractivity contribution in [3.05, 3.63) is 0 Å². The molecule has 1 N–H and O–H groups in total. The highest BCUT2D eigenvalue weighted by Crippen LogP contribution is 2.05. The Morgan fingerprint density at radius 2 is 2.00 bits per heavy atom. The molecule has 0 aromatic carbocycles. The zero-order chi connectivity index (χ0) is 8.69. The molecule has 0 aromatic rings. The van der Waals surface area contributed by atoms with E-state index in [-0.39, 0.29) is 0 Å². The molecule has 0 saturated carbocycles. The van der Waals surface area contributed by atoms with Crippen molar-refractivity contribution in [1.29, 1.82) is 0 Å². The second-order valence-corrected chi connectivity index (χ2v) is 3.74. The highest BCUT2D eigenvalue weighted by molar-refractivity contribution is 6.18. The lowest BCUT2D eigenvalue weighted by molar-refractivity contribution is 0.446. The van der Waals surface area contributed by atoms with Crippen molar-refractivity contribution < 1.29 is 0 Å². The molecule has 0 aliphatic rings. The van der Waals surface area contributed by atoms with E-state index in [0.717, 1.165) is 18.3 Å². The number of alkyl halides is 1. The van der Waals surface area contributed by atoms with Crippen molar-refractivity contribution in [3.8, 4) is 0 Å². The van der Waals surface area contributed by atoms with Crippen LogP contribution in [0.4, 0.5) is 0 Å².